The van der Waals surface area contributed by atoms with E-state index in [1.165, 1.54) is 0 Å². The zero-order valence-corrected chi connectivity index (χ0v) is 11.1. The summed E-state index contributed by atoms with van der Waals surface area (Å²) >= 11 is 0. The van der Waals surface area contributed by atoms with Crippen LogP contribution in [0.3, 0.4) is 0 Å². The van der Waals surface area contributed by atoms with Crippen LogP contribution >= 0.6 is 0 Å². The Bertz CT molecular complexity index is 227. The van der Waals surface area contributed by atoms with Crippen LogP contribution in [0.5, 0.6) is 0 Å². The molecule has 0 bridgehead atoms. The van der Waals surface area contributed by atoms with Gasteiger partial charge in [-0.25, -0.2) is 0 Å². The van der Waals surface area contributed by atoms with Crippen LogP contribution in [0.2, 0.25) is 0 Å². The summed E-state index contributed by atoms with van der Waals surface area (Å²) in [5.41, 5.74) is 0. The third-order valence-electron chi connectivity index (χ3n) is 2.57. The number of hydrogen-bond donors (Lipinski definition) is 0. The predicted molar refractivity (Wildman–Crippen MR) is 64.8 cm³/mol. The lowest BCUT2D eigenvalue weighted by atomic mass is 10.1. The number of esters is 1. The van der Waals surface area contributed by atoms with Crippen LogP contribution in [0.15, 0.2) is 0 Å². The Morgan fingerprint density at radius 2 is 2.24 bits per heavy atom. The molecule has 4 nitrogen and oxygen atoms in total. The fourth-order valence-corrected chi connectivity index (χ4v) is 1.75. The smallest absolute Gasteiger partial charge is 0.306 e. The molecule has 2 atom stereocenters. The first-order chi connectivity index (χ1) is 8.08. The highest BCUT2D eigenvalue weighted by Gasteiger charge is 2.19. The largest absolute Gasteiger partial charge is 0.463 e. The molecule has 0 saturated carbocycles. The molecule has 2 unspecified atom stereocenters. The highest BCUT2D eigenvalue weighted by Crippen LogP contribution is 2.12. The molecule has 0 N–H and O–H groups in total. The van der Waals surface area contributed by atoms with Crippen molar-refractivity contribution >= 4 is 5.97 Å². The fraction of sp³-hybridized carbons (Fsp3) is 0.923. The Hall–Kier alpha value is -0.610. The van der Waals surface area contributed by atoms with Gasteiger partial charge in [-0.1, -0.05) is 13.8 Å². The third kappa shape index (κ3) is 6.64. The number of ether oxygens (including phenoxy) is 3. The van der Waals surface area contributed by atoms with Crippen LogP contribution in [0.25, 0.3) is 0 Å². The van der Waals surface area contributed by atoms with Gasteiger partial charge in [0.2, 0.25) is 0 Å². The summed E-state index contributed by atoms with van der Waals surface area (Å²) in [5, 5.41) is 0. The highest BCUT2D eigenvalue weighted by atomic mass is 16.6. The van der Waals surface area contributed by atoms with Crippen LogP contribution in [-0.2, 0) is 19.0 Å². The number of hydrogen-bond acceptors (Lipinski definition) is 4. The van der Waals surface area contributed by atoms with Gasteiger partial charge in [-0.05, 0) is 19.3 Å². The molecule has 1 heterocycles. The topological polar surface area (TPSA) is 44.8 Å². The molecule has 100 valence electrons. The molecule has 1 aliphatic heterocycles. The van der Waals surface area contributed by atoms with Crippen LogP contribution in [0.1, 0.15) is 40.0 Å². The van der Waals surface area contributed by atoms with Crippen molar-refractivity contribution in [1.82, 2.24) is 0 Å². The lowest BCUT2D eigenvalue weighted by molar-refractivity contribution is -0.152. The van der Waals surface area contributed by atoms with Crippen molar-refractivity contribution in [2.75, 3.05) is 19.8 Å². The first kappa shape index (κ1) is 14.5. The van der Waals surface area contributed by atoms with Crippen LogP contribution in [0, 0.1) is 5.92 Å². The van der Waals surface area contributed by atoms with Gasteiger partial charge in [-0.3, -0.25) is 4.79 Å². The van der Waals surface area contributed by atoms with Gasteiger partial charge in [0.25, 0.3) is 0 Å². The van der Waals surface area contributed by atoms with Crippen molar-refractivity contribution < 1.29 is 19.0 Å². The molecular formula is C13H24O4. The quantitative estimate of drug-likeness (QED) is 0.714. The zero-order valence-electron chi connectivity index (χ0n) is 11.1. The predicted octanol–water partition coefficient (Wildman–Crippen LogP) is 2.16. The van der Waals surface area contributed by atoms with E-state index in [1.54, 1.807) is 0 Å². The summed E-state index contributed by atoms with van der Waals surface area (Å²) in [7, 11) is 0. The maximum atomic E-state index is 11.4. The number of cyclic esters (lactones) is 1. The summed E-state index contributed by atoms with van der Waals surface area (Å²) in [6.07, 6.45) is 1.81. The van der Waals surface area contributed by atoms with Gasteiger partial charge in [0.1, 0.15) is 6.10 Å². The minimum Gasteiger partial charge on any atom is -0.463 e. The first-order valence-electron chi connectivity index (χ1n) is 6.46. The third-order valence-corrected chi connectivity index (χ3v) is 2.57. The standard InChI is InChI=1S/C13H24O4/c1-10(2)8-16-12-7-11(3)17-13(14)5-4-6-15-9-12/h10-12H,4-9H2,1-3H3. The normalized spacial score (nSPS) is 27.9. The molecule has 0 spiro atoms. The lowest BCUT2D eigenvalue weighted by Gasteiger charge is -2.24. The monoisotopic (exact) mass is 244 g/mol. The Kier molecular flexibility index (Phi) is 6.52. The van der Waals surface area contributed by atoms with Crippen LogP contribution in [-0.4, -0.2) is 38.0 Å². The van der Waals surface area contributed by atoms with Gasteiger partial charge in [0.05, 0.1) is 12.7 Å². The van der Waals surface area contributed by atoms with Gasteiger partial charge < -0.3 is 14.2 Å². The van der Waals surface area contributed by atoms with Gasteiger partial charge in [-0.2, -0.15) is 0 Å². The van der Waals surface area contributed by atoms with Crippen molar-refractivity contribution in [1.29, 1.82) is 0 Å². The van der Waals surface area contributed by atoms with E-state index in [0.29, 0.717) is 38.6 Å². The molecular weight excluding hydrogens is 220 g/mol. The van der Waals surface area contributed by atoms with Crippen LogP contribution < -0.4 is 0 Å². The van der Waals surface area contributed by atoms with Crippen molar-refractivity contribution in [3.8, 4) is 0 Å². The van der Waals surface area contributed by atoms with E-state index in [4.69, 9.17) is 14.2 Å². The van der Waals surface area contributed by atoms with E-state index in [1.807, 2.05) is 6.92 Å². The van der Waals surface area contributed by atoms with Crippen molar-refractivity contribution in [2.24, 2.45) is 5.92 Å². The number of carbonyl (C=O) groups is 1. The molecule has 17 heavy (non-hydrogen) atoms. The first-order valence-corrected chi connectivity index (χ1v) is 6.46. The Balaban J connectivity index is 2.41. The fourth-order valence-electron chi connectivity index (χ4n) is 1.75. The molecule has 0 aromatic rings. The lowest BCUT2D eigenvalue weighted by Crippen LogP contribution is -2.29. The molecule has 0 aliphatic carbocycles. The van der Waals surface area contributed by atoms with E-state index in [2.05, 4.69) is 13.8 Å². The van der Waals surface area contributed by atoms with Gasteiger partial charge in [-0.15, -0.1) is 0 Å². The molecule has 1 saturated heterocycles. The Morgan fingerprint density at radius 3 is 2.94 bits per heavy atom. The maximum absolute atomic E-state index is 11.4. The molecule has 0 radical (unpaired) electrons. The molecule has 1 fully saturated rings. The Labute approximate surface area is 104 Å². The number of rotatable bonds is 3. The van der Waals surface area contributed by atoms with Crippen molar-refractivity contribution in [3.63, 3.8) is 0 Å². The van der Waals surface area contributed by atoms with E-state index < -0.39 is 0 Å². The second-order valence-corrected chi connectivity index (χ2v) is 5.06. The maximum Gasteiger partial charge on any atom is 0.306 e. The van der Waals surface area contributed by atoms with Crippen molar-refractivity contribution in [3.05, 3.63) is 0 Å². The average molecular weight is 244 g/mol. The highest BCUT2D eigenvalue weighted by molar-refractivity contribution is 5.69. The summed E-state index contributed by atoms with van der Waals surface area (Å²) in [5.74, 6) is 0.369. The minimum absolute atomic E-state index is 0.0262. The average Bonchev–Trinajstić information content (AvgIpc) is 2.24. The summed E-state index contributed by atoms with van der Waals surface area (Å²) in [4.78, 5) is 11.4. The second kappa shape index (κ2) is 7.67. The van der Waals surface area contributed by atoms with E-state index in [9.17, 15) is 4.79 Å². The van der Waals surface area contributed by atoms with Crippen molar-refractivity contribution in [2.45, 2.75) is 52.2 Å². The second-order valence-electron chi connectivity index (χ2n) is 5.06. The van der Waals surface area contributed by atoms with Crippen LogP contribution in [0.4, 0.5) is 0 Å². The van der Waals surface area contributed by atoms with E-state index in [0.717, 1.165) is 6.42 Å². The molecule has 0 amide bonds. The summed E-state index contributed by atoms with van der Waals surface area (Å²) in [6.45, 7) is 8.05. The number of carbonyl (C=O) groups excluding carboxylic acids is 1. The molecule has 0 aromatic carbocycles. The van der Waals surface area contributed by atoms with E-state index >= 15 is 0 Å². The van der Waals surface area contributed by atoms with Gasteiger partial charge in [0, 0.05) is 26.1 Å². The molecule has 1 aliphatic rings. The summed E-state index contributed by atoms with van der Waals surface area (Å²) < 4.78 is 16.6. The molecule has 0 aromatic heterocycles. The zero-order chi connectivity index (χ0) is 12.7. The molecule has 1 rings (SSSR count). The van der Waals surface area contributed by atoms with Gasteiger partial charge >= 0.3 is 5.97 Å². The Morgan fingerprint density at radius 1 is 1.47 bits per heavy atom. The molecule has 4 heteroatoms. The van der Waals surface area contributed by atoms with Gasteiger partial charge in [0.15, 0.2) is 0 Å². The SMILES string of the molecule is CC(C)COC1COCCCC(=O)OC(C)C1. The van der Waals surface area contributed by atoms with E-state index in [-0.39, 0.29) is 18.2 Å². The summed E-state index contributed by atoms with van der Waals surface area (Å²) in [6, 6.07) is 0. The minimum atomic E-state index is -0.134.